The minimum atomic E-state index is 0.206. The number of hydrogen-bond acceptors (Lipinski definition) is 7. The van der Waals surface area contributed by atoms with Crippen molar-refractivity contribution in [3.05, 3.63) is 52.7 Å². The second-order valence-electron chi connectivity index (χ2n) is 11.9. The second-order valence-corrected chi connectivity index (χ2v) is 12.3. The largest absolute Gasteiger partial charge is 0.463 e. The third-order valence-corrected chi connectivity index (χ3v) is 8.82. The van der Waals surface area contributed by atoms with Gasteiger partial charge in [0.2, 0.25) is 0 Å². The average Bonchev–Trinajstić information content (AvgIpc) is 3.70. The summed E-state index contributed by atoms with van der Waals surface area (Å²) in [6.45, 7) is 5.03. The van der Waals surface area contributed by atoms with E-state index in [1.54, 1.807) is 0 Å². The number of rotatable bonds is 8. The van der Waals surface area contributed by atoms with Gasteiger partial charge in [-0.1, -0.05) is 35.9 Å². The maximum atomic E-state index is 9.33. The molecule has 2 fully saturated rings. The van der Waals surface area contributed by atoms with Crippen LogP contribution in [0.3, 0.4) is 0 Å². The Morgan fingerprint density at radius 3 is 2.72 bits per heavy atom. The van der Waals surface area contributed by atoms with Crippen LogP contribution in [0.4, 0.5) is 11.5 Å². The fraction of sp³-hybridized carbons (Fsp3) is 0.516. The molecule has 1 aromatic heterocycles. The molecule has 2 aromatic carbocycles. The van der Waals surface area contributed by atoms with Crippen molar-refractivity contribution in [1.82, 2.24) is 14.9 Å². The molecule has 204 valence electrons. The first kappa shape index (κ1) is 26.2. The van der Waals surface area contributed by atoms with E-state index >= 15 is 0 Å². The van der Waals surface area contributed by atoms with Crippen LogP contribution < -0.4 is 14.5 Å². The molecule has 3 aromatic rings. The average molecular weight is 545 g/mol. The zero-order valence-electron chi connectivity index (χ0n) is 23.0. The van der Waals surface area contributed by atoms with Gasteiger partial charge in [-0.15, -0.1) is 0 Å². The summed E-state index contributed by atoms with van der Waals surface area (Å²) in [4.78, 5) is 17.1. The molecule has 1 atom stereocenters. The molecule has 2 aliphatic heterocycles. The molecular weight excluding hydrogens is 508 g/mol. The molecule has 0 spiro atoms. The van der Waals surface area contributed by atoms with Crippen LogP contribution in [0.25, 0.3) is 10.8 Å². The van der Waals surface area contributed by atoms with Crippen molar-refractivity contribution in [2.75, 3.05) is 56.7 Å². The van der Waals surface area contributed by atoms with Gasteiger partial charge in [-0.25, -0.2) is 0 Å². The van der Waals surface area contributed by atoms with E-state index in [1.165, 1.54) is 18.4 Å². The van der Waals surface area contributed by atoms with Crippen LogP contribution in [-0.2, 0) is 13.0 Å². The Kier molecular flexibility index (Phi) is 7.26. The van der Waals surface area contributed by atoms with Crippen molar-refractivity contribution >= 4 is 33.9 Å². The summed E-state index contributed by atoms with van der Waals surface area (Å²) >= 11 is 6.69. The van der Waals surface area contributed by atoms with Crippen LogP contribution in [0.5, 0.6) is 6.01 Å². The fourth-order valence-electron chi connectivity index (χ4n) is 6.43. The number of ether oxygens (including phenoxy) is 1. The van der Waals surface area contributed by atoms with E-state index in [0.717, 1.165) is 78.4 Å². The van der Waals surface area contributed by atoms with E-state index in [-0.39, 0.29) is 5.41 Å². The van der Waals surface area contributed by atoms with Gasteiger partial charge in [0.25, 0.3) is 0 Å². The number of anilines is 2. The van der Waals surface area contributed by atoms with Crippen LogP contribution in [0.1, 0.15) is 43.4 Å². The highest BCUT2D eigenvalue weighted by Gasteiger charge is 2.44. The predicted molar refractivity (Wildman–Crippen MR) is 157 cm³/mol. The molecule has 0 unspecified atom stereocenters. The van der Waals surface area contributed by atoms with E-state index in [4.69, 9.17) is 26.3 Å². The van der Waals surface area contributed by atoms with E-state index < -0.39 is 0 Å². The van der Waals surface area contributed by atoms with Gasteiger partial charge in [0.15, 0.2) is 0 Å². The maximum absolute atomic E-state index is 9.33. The van der Waals surface area contributed by atoms with E-state index in [1.807, 2.05) is 12.1 Å². The third-order valence-electron chi connectivity index (χ3n) is 8.51. The molecule has 0 bridgehead atoms. The Morgan fingerprint density at radius 1 is 1.13 bits per heavy atom. The van der Waals surface area contributed by atoms with Crippen molar-refractivity contribution in [3.8, 4) is 12.1 Å². The number of piperidine rings is 1. The van der Waals surface area contributed by atoms with Gasteiger partial charge in [-0.3, -0.25) is 0 Å². The first-order valence-electron chi connectivity index (χ1n) is 14.2. The lowest BCUT2D eigenvalue weighted by atomic mass is 9.94. The molecule has 0 amide bonds. The summed E-state index contributed by atoms with van der Waals surface area (Å²) in [7, 11) is 4.24. The molecule has 7 nitrogen and oxygen atoms in total. The summed E-state index contributed by atoms with van der Waals surface area (Å²) < 4.78 is 6.37. The molecule has 1 saturated carbocycles. The van der Waals surface area contributed by atoms with E-state index in [9.17, 15) is 5.26 Å². The molecule has 8 heteroatoms. The van der Waals surface area contributed by atoms with Crippen LogP contribution >= 0.6 is 11.6 Å². The molecule has 0 radical (unpaired) electrons. The lowest BCUT2D eigenvalue weighted by Gasteiger charge is -2.37. The molecule has 1 saturated heterocycles. The monoisotopic (exact) mass is 544 g/mol. The molecular formula is C31H37ClN6O. The quantitative estimate of drug-likeness (QED) is 0.360. The van der Waals surface area contributed by atoms with Gasteiger partial charge in [-0.05, 0) is 69.6 Å². The van der Waals surface area contributed by atoms with E-state index in [0.29, 0.717) is 31.5 Å². The van der Waals surface area contributed by atoms with Crippen molar-refractivity contribution in [3.63, 3.8) is 0 Å². The van der Waals surface area contributed by atoms with Crippen LogP contribution in [-0.4, -0.2) is 61.7 Å². The first-order valence-corrected chi connectivity index (χ1v) is 14.5. The summed E-state index contributed by atoms with van der Waals surface area (Å²) in [6, 6.07) is 15.3. The first-order chi connectivity index (χ1) is 18.9. The predicted octanol–water partition coefficient (Wildman–Crippen LogP) is 5.70. The highest BCUT2D eigenvalue weighted by Crippen LogP contribution is 2.46. The van der Waals surface area contributed by atoms with Gasteiger partial charge in [0, 0.05) is 54.7 Å². The van der Waals surface area contributed by atoms with Gasteiger partial charge >= 0.3 is 6.01 Å². The number of nitriles is 1. The normalized spacial score (nSPS) is 20.1. The molecule has 0 N–H and O–H groups in total. The molecule has 39 heavy (non-hydrogen) atoms. The summed E-state index contributed by atoms with van der Waals surface area (Å²) in [5.74, 6) is 1.39. The van der Waals surface area contributed by atoms with Gasteiger partial charge < -0.3 is 19.4 Å². The van der Waals surface area contributed by atoms with Gasteiger partial charge in [0.05, 0.1) is 29.9 Å². The van der Waals surface area contributed by atoms with Crippen LogP contribution in [0, 0.1) is 22.7 Å². The Balaban J connectivity index is 1.33. The Morgan fingerprint density at radius 2 is 1.95 bits per heavy atom. The zero-order valence-corrected chi connectivity index (χ0v) is 23.8. The molecule has 3 heterocycles. The molecule has 3 aliphatic rings. The minimum Gasteiger partial charge on any atom is -0.463 e. The van der Waals surface area contributed by atoms with Crippen molar-refractivity contribution in [2.45, 2.75) is 45.1 Å². The highest BCUT2D eigenvalue weighted by atomic mass is 35.5. The highest BCUT2D eigenvalue weighted by molar-refractivity contribution is 6.36. The lowest BCUT2D eigenvalue weighted by Crippen LogP contribution is -2.39. The summed E-state index contributed by atoms with van der Waals surface area (Å²) in [6.07, 6.45) is 5.99. The van der Waals surface area contributed by atoms with Crippen molar-refractivity contribution < 1.29 is 4.74 Å². The van der Waals surface area contributed by atoms with Gasteiger partial charge in [-0.2, -0.15) is 15.2 Å². The topological polar surface area (TPSA) is 68.5 Å². The number of hydrogen-bond donors (Lipinski definition) is 0. The Hall–Kier alpha value is -3.08. The summed E-state index contributed by atoms with van der Waals surface area (Å²) in [5, 5.41) is 12.3. The standard InChI is InChI=1S/C31H37ClN6O/c1-36(2)20-31(13-14-31)21-39-30-34-26-19-37(27-10-4-8-23-7-3-9-25(32)28(23)27)17-12-24(26)29(35-30)38-16-5-6-22(18-38)11-15-33/h3-4,7-10,22H,5-6,11-14,16-21H2,1-2H3/t22-/m0/s1. The Labute approximate surface area is 236 Å². The molecule has 6 rings (SSSR count). The number of fused-ring (bicyclic) bond motifs is 2. The van der Waals surface area contributed by atoms with Crippen molar-refractivity contribution in [1.29, 1.82) is 5.26 Å². The summed E-state index contributed by atoms with van der Waals surface area (Å²) in [5.41, 5.74) is 3.60. The van der Waals surface area contributed by atoms with Crippen LogP contribution in [0.2, 0.25) is 5.02 Å². The molecule has 1 aliphatic carbocycles. The lowest BCUT2D eigenvalue weighted by molar-refractivity contribution is 0.182. The smallest absolute Gasteiger partial charge is 0.318 e. The SMILES string of the molecule is CN(C)CC1(COc2nc3c(c(N4CCC[C@@H](CC#N)C4)n2)CCN(c2cccc4cccc(Cl)c24)C3)CC1. The third kappa shape index (κ3) is 5.50. The van der Waals surface area contributed by atoms with Gasteiger partial charge in [0.1, 0.15) is 5.82 Å². The van der Waals surface area contributed by atoms with Crippen molar-refractivity contribution in [2.24, 2.45) is 11.3 Å². The minimum absolute atomic E-state index is 0.206. The number of benzene rings is 2. The number of halogens is 1. The number of nitrogens with zero attached hydrogens (tertiary/aromatic N) is 6. The maximum Gasteiger partial charge on any atom is 0.318 e. The van der Waals surface area contributed by atoms with Crippen LogP contribution in [0.15, 0.2) is 36.4 Å². The van der Waals surface area contributed by atoms with E-state index in [2.05, 4.69) is 59.1 Å². The zero-order chi connectivity index (χ0) is 27.0. The second kappa shape index (κ2) is 10.8. The number of aromatic nitrogens is 2. The fourth-order valence-corrected chi connectivity index (χ4v) is 6.71. The Bertz CT molecular complexity index is 1390.